The first-order valence-electron chi connectivity index (χ1n) is 6.85. The van der Waals surface area contributed by atoms with E-state index < -0.39 is 10.0 Å². The van der Waals surface area contributed by atoms with Crippen LogP contribution in [0, 0.1) is 0 Å². The highest BCUT2D eigenvalue weighted by Gasteiger charge is 2.19. The zero-order valence-corrected chi connectivity index (χ0v) is 14.2. The van der Waals surface area contributed by atoms with Gasteiger partial charge in [0.25, 0.3) is 10.0 Å². The van der Waals surface area contributed by atoms with Gasteiger partial charge in [0.15, 0.2) is 17.3 Å². The third-order valence-electron chi connectivity index (χ3n) is 3.01. The average Bonchev–Trinajstić information content (AvgIpc) is 2.55. The highest BCUT2D eigenvalue weighted by atomic mass is 32.2. The van der Waals surface area contributed by atoms with Gasteiger partial charge < -0.3 is 14.8 Å². The van der Waals surface area contributed by atoms with Crippen molar-refractivity contribution in [2.24, 2.45) is 0 Å². The highest BCUT2D eigenvalue weighted by Crippen LogP contribution is 2.30. The predicted octanol–water partition coefficient (Wildman–Crippen LogP) is 1.86. The summed E-state index contributed by atoms with van der Waals surface area (Å²) in [7, 11) is -1.03. The lowest BCUT2D eigenvalue weighted by Gasteiger charge is -2.13. The number of benzene rings is 1. The van der Waals surface area contributed by atoms with Crippen LogP contribution in [0.2, 0.25) is 0 Å². The number of carbonyl (C=O) groups is 1. The number of ether oxygens (including phenoxy) is 2. The van der Waals surface area contributed by atoms with Crippen molar-refractivity contribution in [1.29, 1.82) is 0 Å². The molecule has 0 saturated carbocycles. The molecular weight excluding hydrogens is 334 g/mol. The van der Waals surface area contributed by atoms with Gasteiger partial charge in [-0.1, -0.05) is 0 Å². The number of nitrogens with one attached hydrogen (secondary N) is 2. The lowest BCUT2D eigenvalue weighted by Crippen LogP contribution is -2.16. The Morgan fingerprint density at radius 1 is 1.12 bits per heavy atom. The van der Waals surface area contributed by atoms with Gasteiger partial charge in [0.1, 0.15) is 0 Å². The fraction of sp³-hybridized carbons (Fsp3) is 0.200. The number of aromatic nitrogens is 1. The average molecular weight is 351 g/mol. The van der Waals surface area contributed by atoms with E-state index >= 15 is 0 Å². The normalized spacial score (nSPS) is 10.8. The summed E-state index contributed by atoms with van der Waals surface area (Å²) >= 11 is 0. The Bertz CT molecular complexity index is 852. The van der Waals surface area contributed by atoms with Crippen LogP contribution in [0.4, 0.5) is 11.5 Å². The molecule has 0 bridgehead atoms. The second kappa shape index (κ2) is 7.18. The number of pyridine rings is 1. The zero-order valence-electron chi connectivity index (χ0n) is 13.4. The van der Waals surface area contributed by atoms with Gasteiger partial charge in [-0.2, -0.15) is 0 Å². The summed E-state index contributed by atoms with van der Waals surface area (Å²) in [6, 6.07) is 7.27. The predicted molar refractivity (Wildman–Crippen MR) is 88.9 cm³/mol. The van der Waals surface area contributed by atoms with Crippen LogP contribution in [0.5, 0.6) is 11.5 Å². The molecule has 0 fully saturated rings. The van der Waals surface area contributed by atoms with Gasteiger partial charge in [-0.3, -0.25) is 9.52 Å². The molecule has 1 aromatic carbocycles. The minimum Gasteiger partial charge on any atom is -0.493 e. The molecule has 0 radical (unpaired) electrons. The van der Waals surface area contributed by atoms with Crippen molar-refractivity contribution in [2.75, 3.05) is 24.3 Å². The number of sulfonamides is 1. The molecule has 1 aromatic heterocycles. The second-order valence-corrected chi connectivity index (χ2v) is 6.39. The molecule has 8 nitrogen and oxygen atoms in total. The number of nitrogens with zero attached hydrogens (tertiary/aromatic N) is 1. The molecule has 1 amide bonds. The second-order valence-electron chi connectivity index (χ2n) is 4.70. The molecule has 1 heterocycles. The molecule has 2 N–H and O–H groups in total. The van der Waals surface area contributed by atoms with Crippen molar-refractivity contribution >= 4 is 27.4 Å². The Morgan fingerprint density at radius 2 is 1.83 bits per heavy atom. The summed E-state index contributed by atoms with van der Waals surface area (Å²) < 4.78 is 37.7. The third-order valence-corrected chi connectivity index (χ3v) is 4.37. The van der Waals surface area contributed by atoms with Crippen LogP contribution in [0.3, 0.4) is 0 Å². The van der Waals surface area contributed by atoms with Gasteiger partial charge in [-0.05, 0) is 24.3 Å². The fourth-order valence-electron chi connectivity index (χ4n) is 1.94. The van der Waals surface area contributed by atoms with Crippen LogP contribution in [-0.4, -0.2) is 33.5 Å². The summed E-state index contributed by atoms with van der Waals surface area (Å²) in [6.07, 6.45) is 1.44. The lowest BCUT2D eigenvalue weighted by molar-refractivity contribution is -0.114. The number of methoxy groups -OCH3 is 2. The number of hydrogen-bond acceptors (Lipinski definition) is 6. The van der Waals surface area contributed by atoms with Crippen molar-refractivity contribution in [3.63, 3.8) is 0 Å². The Hall–Kier alpha value is -2.81. The molecule has 24 heavy (non-hydrogen) atoms. The summed E-state index contributed by atoms with van der Waals surface area (Å²) in [5.74, 6) is 0.458. The van der Waals surface area contributed by atoms with Gasteiger partial charge in [0, 0.05) is 19.2 Å². The summed E-state index contributed by atoms with van der Waals surface area (Å²) in [5, 5.41) is 2.47. The molecule has 0 atom stereocenters. The van der Waals surface area contributed by atoms with E-state index in [9.17, 15) is 13.2 Å². The number of carbonyl (C=O) groups excluding carboxylic acids is 1. The first-order chi connectivity index (χ1) is 11.4. The molecule has 9 heteroatoms. The SMILES string of the molecule is COc1ccc(S(=O)(=O)Nc2cccnc2NC(C)=O)cc1OC. The van der Waals surface area contributed by atoms with E-state index in [1.165, 1.54) is 51.6 Å². The van der Waals surface area contributed by atoms with Gasteiger partial charge in [0.2, 0.25) is 5.91 Å². The number of rotatable bonds is 6. The molecule has 128 valence electrons. The van der Waals surface area contributed by atoms with Crippen LogP contribution in [-0.2, 0) is 14.8 Å². The van der Waals surface area contributed by atoms with Crippen molar-refractivity contribution in [2.45, 2.75) is 11.8 Å². The van der Waals surface area contributed by atoms with Gasteiger partial charge in [0.05, 0.1) is 24.8 Å². The topological polar surface area (TPSA) is 107 Å². The van der Waals surface area contributed by atoms with E-state index in [1.807, 2.05) is 0 Å². The van der Waals surface area contributed by atoms with Crippen LogP contribution in [0.25, 0.3) is 0 Å². The van der Waals surface area contributed by atoms with Crippen LogP contribution in [0.1, 0.15) is 6.92 Å². The van der Waals surface area contributed by atoms with E-state index in [0.717, 1.165) is 0 Å². The van der Waals surface area contributed by atoms with Crippen LogP contribution >= 0.6 is 0 Å². The van der Waals surface area contributed by atoms with Crippen molar-refractivity contribution in [3.8, 4) is 11.5 Å². The summed E-state index contributed by atoms with van der Waals surface area (Å²) in [5.41, 5.74) is 0.155. The molecule has 0 aliphatic rings. The maximum absolute atomic E-state index is 12.6. The molecule has 0 saturated heterocycles. The summed E-state index contributed by atoms with van der Waals surface area (Å²) in [6.45, 7) is 1.31. The lowest BCUT2D eigenvalue weighted by atomic mass is 10.3. The van der Waals surface area contributed by atoms with Gasteiger partial charge in [-0.25, -0.2) is 13.4 Å². The van der Waals surface area contributed by atoms with Crippen LogP contribution in [0.15, 0.2) is 41.4 Å². The van der Waals surface area contributed by atoms with E-state index in [2.05, 4.69) is 15.0 Å². The van der Waals surface area contributed by atoms with Gasteiger partial charge in [-0.15, -0.1) is 0 Å². The minimum absolute atomic E-state index is 0.0159. The van der Waals surface area contributed by atoms with E-state index in [-0.39, 0.29) is 28.1 Å². The monoisotopic (exact) mass is 351 g/mol. The molecule has 0 unspecified atom stereocenters. The zero-order chi connectivity index (χ0) is 17.7. The van der Waals surface area contributed by atoms with Gasteiger partial charge >= 0.3 is 0 Å². The Labute approximate surface area is 139 Å². The molecule has 2 aromatic rings. The fourth-order valence-corrected chi connectivity index (χ4v) is 3.02. The maximum Gasteiger partial charge on any atom is 0.262 e. The number of anilines is 2. The number of hydrogen-bond donors (Lipinski definition) is 2. The van der Waals surface area contributed by atoms with Crippen molar-refractivity contribution < 1.29 is 22.7 Å². The largest absolute Gasteiger partial charge is 0.493 e. The molecule has 0 aliphatic carbocycles. The van der Waals surface area contributed by atoms with E-state index in [4.69, 9.17) is 9.47 Å². The molecular formula is C15H17N3O5S. The minimum atomic E-state index is -3.91. The first kappa shape index (κ1) is 17.5. The van der Waals surface area contributed by atoms with E-state index in [1.54, 1.807) is 6.07 Å². The van der Waals surface area contributed by atoms with Crippen LogP contribution < -0.4 is 19.5 Å². The Morgan fingerprint density at radius 3 is 2.46 bits per heavy atom. The quantitative estimate of drug-likeness (QED) is 0.823. The van der Waals surface area contributed by atoms with E-state index in [0.29, 0.717) is 5.75 Å². The Balaban J connectivity index is 2.37. The Kier molecular flexibility index (Phi) is 5.24. The smallest absolute Gasteiger partial charge is 0.262 e. The number of amides is 1. The summed E-state index contributed by atoms with van der Waals surface area (Å²) in [4.78, 5) is 15.1. The van der Waals surface area contributed by atoms with Crippen molar-refractivity contribution in [1.82, 2.24) is 4.98 Å². The molecule has 0 aliphatic heterocycles. The molecule has 0 spiro atoms. The first-order valence-corrected chi connectivity index (χ1v) is 8.33. The molecule has 2 rings (SSSR count). The maximum atomic E-state index is 12.6. The standard InChI is InChI=1S/C15H17N3O5S/c1-10(19)17-15-12(5-4-8-16-15)18-24(20,21)11-6-7-13(22-2)14(9-11)23-3/h4-9,18H,1-3H3,(H,16,17,19). The van der Waals surface area contributed by atoms with Crippen molar-refractivity contribution in [3.05, 3.63) is 36.5 Å². The highest BCUT2D eigenvalue weighted by molar-refractivity contribution is 7.92. The third kappa shape index (κ3) is 3.93.